The van der Waals surface area contributed by atoms with Gasteiger partial charge in [0.05, 0.1) is 16.3 Å². The average molecular weight is 257 g/mol. The lowest BCUT2D eigenvalue weighted by atomic mass is 10.2. The monoisotopic (exact) mass is 256 g/mol. The van der Waals surface area contributed by atoms with Crippen LogP contribution in [0.25, 0.3) is 10.6 Å². The fourth-order valence-electron chi connectivity index (χ4n) is 1.39. The summed E-state index contributed by atoms with van der Waals surface area (Å²) in [5, 5.41) is 2.87. The smallest absolute Gasteiger partial charge is 0.134 e. The SMILES string of the molecule is NCCc1csc(-c2c(F)cccc2Cl)n1. The average Bonchev–Trinajstić information content (AvgIpc) is 2.67. The van der Waals surface area contributed by atoms with Crippen LogP contribution in [-0.4, -0.2) is 11.5 Å². The molecule has 0 aliphatic rings. The van der Waals surface area contributed by atoms with E-state index in [-0.39, 0.29) is 5.82 Å². The summed E-state index contributed by atoms with van der Waals surface area (Å²) in [6.45, 7) is 0.536. The van der Waals surface area contributed by atoms with E-state index in [9.17, 15) is 4.39 Å². The molecular formula is C11H10ClFN2S. The van der Waals surface area contributed by atoms with Crippen molar-refractivity contribution < 1.29 is 4.39 Å². The first-order valence-electron chi connectivity index (χ1n) is 4.81. The van der Waals surface area contributed by atoms with E-state index in [2.05, 4.69) is 4.98 Å². The number of rotatable bonds is 3. The van der Waals surface area contributed by atoms with E-state index in [1.807, 2.05) is 5.38 Å². The van der Waals surface area contributed by atoms with Crippen molar-refractivity contribution in [1.82, 2.24) is 4.98 Å². The van der Waals surface area contributed by atoms with Gasteiger partial charge in [0.1, 0.15) is 10.8 Å². The lowest BCUT2D eigenvalue weighted by Crippen LogP contribution is -2.02. The van der Waals surface area contributed by atoms with E-state index in [0.29, 0.717) is 28.6 Å². The van der Waals surface area contributed by atoms with Crippen molar-refractivity contribution in [2.24, 2.45) is 5.73 Å². The van der Waals surface area contributed by atoms with Crippen LogP contribution in [0.15, 0.2) is 23.6 Å². The number of halogens is 2. The van der Waals surface area contributed by atoms with Crippen LogP contribution in [0.2, 0.25) is 5.02 Å². The normalized spacial score (nSPS) is 10.7. The quantitative estimate of drug-likeness (QED) is 0.917. The molecule has 0 bridgehead atoms. The number of aromatic nitrogens is 1. The van der Waals surface area contributed by atoms with Crippen LogP contribution in [-0.2, 0) is 6.42 Å². The standard InChI is InChI=1S/C11H10ClFN2S/c12-8-2-1-3-9(13)10(8)11-15-7(4-5-14)6-16-11/h1-3,6H,4-5,14H2. The molecule has 1 aromatic carbocycles. The third-order valence-electron chi connectivity index (χ3n) is 2.13. The molecule has 2 rings (SSSR count). The molecule has 0 spiro atoms. The van der Waals surface area contributed by atoms with Crippen molar-refractivity contribution in [2.75, 3.05) is 6.54 Å². The highest BCUT2D eigenvalue weighted by atomic mass is 35.5. The van der Waals surface area contributed by atoms with E-state index in [1.165, 1.54) is 17.4 Å². The summed E-state index contributed by atoms with van der Waals surface area (Å²) >= 11 is 7.33. The van der Waals surface area contributed by atoms with Gasteiger partial charge < -0.3 is 5.73 Å². The number of hydrogen-bond acceptors (Lipinski definition) is 3. The Balaban J connectivity index is 2.42. The molecular weight excluding hydrogens is 247 g/mol. The summed E-state index contributed by atoms with van der Waals surface area (Å²) in [6, 6.07) is 4.62. The molecule has 0 unspecified atom stereocenters. The molecule has 0 fully saturated rings. The van der Waals surface area contributed by atoms with Gasteiger partial charge in [-0.2, -0.15) is 0 Å². The zero-order chi connectivity index (χ0) is 11.5. The summed E-state index contributed by atoms with van der Waals surface area (Å²) in [7, 11) is 0. The maximum absolute atomic E-state index is 13.6. The molecule has 2 N–H and O–H groups in total. The molecule has 1 aromatic heterocycles. The molecule has 0 saturated carbocycles. The molecule has 0 aliphatic heterocycles. The number of thiazole rings is 1. The fourth-order valence-corrected chi connectivity index (χ4v) is 2.61. The molecule has 16 heavy (non-hydrogen) atoms. The van der Waals surface area contributed by atoms with Crippen LogP contribution in [0, 0.1) is 5.82 Å². The zero-order valence-electron chi connectivity index (χ0n) is 8.41. The largest absolute Gasteiger partial charge is 0.330 e. The van der Waals surface area contributed by atoms with Crippen molar-refractivity contribution in [1.29, 1.82) is 0 Å². The van der Waals surface area contributed by atoms with E-state index >= 15 is 0 Å². The van der Waals surface area contributed by atoms with E-state index in [0.717, 1.165) is 5.69 Å². The molecule has 84 valence electrons. The van der Waals surface area contributed by atoms with Crippen molar-refractivity contribution in [3.05, 3.63) is 40.1 Å². The van der Waals surface area contributed by atoms with Crippen LogP contribution < -0.4 is 5.73 Å². The molecule has 0 aliphatic carbocycles. The second-order valence-electron chi connectivity index (χ2n) is 3.28. The van der Waals surface area contributed by atoms with Gasteiger partial charge in [0.2, 0.25) is 0 Å². The van der Waals surface area contributed by atoms with Gasteiger partial charge in [-0.25, -0.2) is 9.37 Å². The van der Waals surface area contributed by atoms with E-state index < -0.39 is 0 Å². The Hall–Kier alpha value is -0.970. The van der Waals surface area contributed by atoms with Crippen molar-refractivity contribution in [2.45, 2.75) is 6.42 Å². The molecule has 2 aromatic rings. The Labute approximate surface area is 102 Å². The first-order valence-corrected chi connectivity index (χ1v) is 6.07. The highest BCUT2D eigenvalue weighted by Gasteiger charge is 2.13. The third kappa shape index (κ3) is 2.24. The van der Waals surface area contributed by atoms with Crippen LogP contribution in [0.1, 0.15) is 5.69 Å². The summed E-state index contributed by atoms with van der Waals surface area (Å²) in [6.07, 6.45) is 0.697. The van der Waals surface area contributed by atoms with Gasteiger partial charge in [-0.1, -0.05) is 17.7 Å². The minimum Gasteiger partial charge on any atom is -0.330 e. The van der Waals surface area contributed by atoms with Gasteiger partial charge in [-0.3, -0.25) is 0 Å². The summed E-state index contributed by atoms with van der Waals surface area (Å²) in [4.78, 5) is 4.31. The maximum Gasteiger partial charge on any atom is 0.134 e. The van der Waals surface area contributed by atoms with E-state index in [4.69, 9.17) is 17.3 Å². The fraction of sp³-hybridized carbons (Fsp3) is 0.182. The first kappa shape index (κ1) is 11.5. The maximum atomic E-state index is 13.6. The minimum absolute atomic E-state index is 0.346. The van der Waals surface area contributed by atoms with Crippen LogP contribution >= 0.6 is 22.9 Å². The second kappa shape index (κ2) is 4.91. The van der Waals surface area contributed by atoms with E-state index in [1.54, 1.807) is 12.1 Å². The lowest BCUT2D eigenvalue weighted by Gasteiger charge is -2.01. The second-order valence-corrected chi connectivity index (χ2v) is 4.54. The van der Waals surface area contributed by atoms with Crippen molar-refractivity contribution in [3.63, 3.8) is 0 Å². The molecule has 1 heterocycles. The summed E-state index contributed by atoms with van der Waals surface area (Å²) < 4.78 is 13.6. The highest BCUT2D eigenvalue weighted by molar-refractivity contribution is 7.13. The first-order chi connectivity index (χ1) is 7.72. The van der Waals surface area contributed by atoms with Gasteiger partial charge in [0.15, 0.2) is 0 Å². The van der Waals surface area contributed by atoms with Gasteiger partial charge in [-0.05, 0) is 18.7 Å². The molecule has 0 radical (unpaired) electrons. The Kier molecular flexibility index (Phi) is 3.53. The number of benzene rings is 1. The van der Waals surface area contributed by atoms with Crippen LogP contribution in [0.3, 0.4) is 0 Å². The Morgan fingerprint density at radius 3 is 2.94 bits per heavy atom. The highest BCUT2D eigenvalue weighted by Crippen LogP contribution is 2.32. The zero-order valence-corrected chi connectivity index (χ0v) is 9.98. The number of nitrogens with two attached hydrogens (primary N) is 1. The van der Waals surface area contributed by atoms with Gasteiger partial charge in [-0.15, -0.1) is 11.3 Å². The predicted molar refractivity (Wildman–Crippen MR) is 65.3 cm³/mol. The van der Waals surface area contributed by atoms with Crippen LogP contribution in [0.4, 0.5) is 4.39 Å². The van der Waals surface area contributed by atoms with Gasteiger partial charge >= 0.3 is 0 Å². The summed E-state index contributed by atoms with van der Waals surface area (Å²) in [5.74, 6) is -0.346. The minimum atomic E-state index is -0.346. The Bertz CT molecular complexity index is 478. The molecule has 0 amide bonds. The summed E-state index contributed by atoms with van der Waals surface area (Å²) in [5.41, 5.74) is 6.68. The lowest BCUT2D eigenvalue weighted by molar-refractivity contribution is 0.631. The van der Waals surface area contributed by atoms with Crippen molar-refractivity contribution in [3.8, 4) is 10.6 Å². The molecule has 2 nitrogen and oxygen atoms in total. The third-order valence-corrected chi connectivity index (χ3v) is 3.35. The van der Waals surface area contributed by atoms with Gasteiger partial charge in [0.25, 0.3) is 0 Å². The Morgan fingerprint density at radius 2 is 2.25 bits per heavy atom. The predicted octanol–water partition coefficient (Wildman–Crippen LogP) is 3.10. The van der Waals surface area contributed by atoms with Gasteiger partial charge in [0, 0.05) is 11.8 Å². The number of nitrogens with zero attached hydrogens (tertiary/aromatic N) is 1. The molecule has 0 atom stereocenters. The van der Waals surface area contributed by atoms with Crippen LogP contribution in [0.5, 0.6) is 0 Å². The molecule has 5 heteroatoms. The topological polar surface area (TPSA) is 38.9 Å². The Morgan fingerprint density at radius 1 is 1.44 bits per heavy atom. The molecule has 0 saturated heterocycles. The van der Waals surface area contributed by atoms with Crippen molar-refractivity contribution >= 4 is 22.9 Å². The number of hydrogen-bond donors (Lipinski definition) is 1.